The van der Waals surface area contributed by atoms with E-state index in [0.717, 1.165) is 24.3 Å². The summed E-state index contributed by atoms with van der Waals surface area (Å²) in [5.41, 5.74) is -1.02. The Morgan fingerprint density at radius 1 is 1.10 bits per heavy atom. The second kappa shape index (κ2) is 5.43. The maximum absolute atomic E-state index is 13.4. The van der Waals surface area contributed by atoms with Crippen LogP contribution in [0.5, 0.6) is 0 Å². The van der Waals surface area contributed by atoms with Gasteiger partial charge in [0.15, 0.2) is 0 Å². The third kappa shape index (κ3) is 2.77. The van der Waals surface area contributed by atoms with Gasteiger partial charge >= 0.3 is 5.69 Å². The molecule has 0 bridgehead atoms. The van der Waals surface area contributed by atoms with E-state index in [1.165, 1.54) is 18.2 Å². The van der Waals surface area contributed by atoms with Crippen molar-refractivity contribution in [3.63, 3.8) is 0 Å². The zero-order chi connectivity index (χ0) is 14.7. The summed E-state index contributed by atoms with van der Waals surface area (Å²) < 4.78 is 26.5. The lowest BCUT2D eigenvalue weighted by Gasteiger charge is -2.06. The smallest absolute Gasteiger partial charge is 0.305 e. The molecule has 1 N–H and O–H groups in total. The highest BCUT2D eigenvalue weighted by Gasteiger charge is 2.18. The van der Waals surface area contributed by atoms with Crippen molar-refractivity contribution in [3.05, 3.63) is 69.8 Å². The molecule has 0 atom stereocenters. The number of nitro benzene ring substituents is 1. The van der Waals surface area contributed by atoms with Crippen LogP contribution in [0.25, 0.3) is 0 Å². The fourth-order valence-electron chi connectivity index (χ4n) is 1.55. The quantitative estimate of drug-likeness (QED) is 0.692. The first kappa shape index (κ1) is 13.6. The van der Waals surface area contributed by atoms with Gasteiger partial charge < -0.3 is 5.32 Å². The lowest BCUT2D eigenvalue weighted by atomic mass is 10.1. The molecule has 20 heavy (non-hydrogen) atoms. The minimum absolute atomic E-state index is 0.0653. The van der Waals surface area contributed by atoms with Gasteiger partial charge in [0.25, 0.3) is 5.91 Å². The van der Waals surface area contributed by atoms with Crippen LogP contribution in [0, 0.1) is 21.7 Å². The lowest BCUT2D eigenvalue weighted by Crippen LogP contribution is -2.13. The first-order chi connectivity index (χ1) is 9.49. The number of carbonyl (C=O) groups is 1. The summed E-state index contributed by atoms with van der Waals surface area (Å²) in [4.78, 5) is 21.5. The van der Waals surface area contributed by atoms with Gasteiger partial charge in [-0.1, -0.05) is 12.1 Å². The van der Waals surface area contributed by atoms with Crippen LogP contribution in [-0.2, 0) is 0 Å². The van der Waals surface area contributed by atoms with Crippen LogP contribution in [-0.4, -0.2) is 10.8 Å². The Kier molecular flexibility index (Phi) is 3.69. The van der Waals surface area contributed by atoms with E-state index in [1.54, 1.807) is 0 Å². The summed E-state index contributed by atoms with van der Waals surface area (Å²) in [6, 6.07) is 8.16. The molecule has 5 nitrogen and oxygen atoms in total. The van der Waals surface area contributed by atoms with Crippen molar-refractivity contribution < 1.29 is 18.5 Å². The Balaban J connectivity index is 2.28. The number of hydrogen-bond donors (Lipinski definition) is 1. The Labute approximate surface area is 112 Å². The zero-order valence-electron chi connectivity index (χ0n) is 9.97. The van der Waals surface area contributed by atoms with Crippen molar-refractivity contribution >= 4 is 17.3 Å². The molecule has 7 heteroatoms. The third-order valence-corrected chi connectivity index (χ3v) is 2.53. The van der Waals surface area contributed by atoms with Crippen molar-refractivity contribution in [1.82, 2.24) is 0 Å². The monoisotopic (exact) mass is 278 g/mol. The maximum Gasteiger partial charge on any atom is 0.305 e. The highest BCUT2D eigenvalue weighted by atomic mass is 19.1. The van der Waals surface area contributed by atoms with Crippen LogP contribution < -0.4 is 5.32 Å². The molecule has 0 heterocycles. The molecule has 0 aliphatic rings. The number of benzene rings is 2. The first-order valence-electron chi connectivity index (χ1n) is 5.49. The molecule has 0 aliphatic heterocycles. The first-order valence-corrected chi connectivity index (χ1v) is 5.49. The minimum Gasteiger partial charge on any atom is -0.319 e. The second-order valence-electron chi connectivity index (χ2n) is 3.86. The molecule has 0 aliphatic carbocycles. The van der Waals surface area contributed by atoms with Gasteiger partial charge in [-0.3, -0.25) is 14.9 Å². The molecular formula is C13H8F2N2O3. The van der Waals surface area contributed by atoms with E-state index in [0.29, 0.717) is 0 Å². The van der Waals surface area contributed by atoms with Crippen LogP contribution in [0.2, 0.25) is 0 Å². The molecule has 0 spiro atoms. The van der Waals surface area contributed by atoms with Gasteiger partial charge in [0.05, 0.1) is 10.6 Å². The van der Waals surface area contributed by atoms with Crippen LogP contribution in [0.4, 0.5) is 20.2 Å². The Morgan fingerprint density at radius 2 is 1.80 bits per heavy atom. The topological polar surface area (TPSA) is 72.2 Å². The molecule has 0 unspecified atom stereocenters. The van der Waals surface area contributed by atoms with E-state index < -0.39 is 28.2 Å². The van der Waals surface area contributed by atoms with Gasteiger partial charge in [0, 0.05) is 11.6 Å². The van der Waals surface area contributed by atoms with Crippen molar-refractivity contribution in [2.45, 2.75) is 0 Å². The van der Waals surface area contributed by atoms with Gasteiger partial charge in [-0.15, -0.1) is 0 Å². The Bertz CT molecular complexity index is 689. The Hall–Kier alpha value is -2.83. The number of amides is 1. The summed E-state index contributed by atoms with van der Waals surface area (Å²) in [5.74, 6) is -2.45. The van der Waals surface area contributed by atoms with E-state index in [1.807, 2.05) is 0 Å². The number of para-hydroxylation sites is 1. The number of nitrogens with one attached hydrogen (secondary N) is 1. The SMILES string of the molecule is O=C(Nc1ccccc1F)c1ccc(F)c([N+](=O)[O-])c1. The second-order valence-corrected chi connectivity index (χ2v) is 3.86. The molecular weight excluding hydrogens is 270 g/mol. The predicted molar refractivity (Wildman–Crippen MR) is 67.4 cm³/mol. The number of nitrogens with zero attached hydrogens (tertiary/aromatic N) is 1. The number of hydrogen-bond acceptors (Lipinski definition) is 3. The zero-order valence-corrected chi connectivity index (χ0v) is 9.97. The summed E-state index contributed by atoms with van der Waals surface area (Å²) >= 11 is 0. The normalized spacial score (nSPS) is 10.1. The number of halogens is 2. The molecule has 0 fully saturated rings. The number of rotatable bonds is 3. The fraction of sp³-hybridized carbons (Fsp3) is 0. The van der Waals surface area contributed by atoms with Crippen molar-refractivity contribution in [3.8, 4) is 0 Å². The lowest BCUT2D eigenvalue weighted by molar-refractivity contribution is -0.387. The summed E-state index contributed by atoms with van der Waals surface area (Å²) in [6.07, 6.45) is 0. The van der Waals surface area contributed by atoms with Crippen LogP contribution in [0.3, 0.4) is 0 Å². The van der Waals surface area contributed by atoms with Crippen LogP contribution in [0.1, 0.15) is 10.4 Å². The average molecular weight is 278 g/mol. The summed E-state index contributed by atoms with van der Waals surface area (Å²) in [7, 11) is 0. The molecule has 0 saturated carbocycles. The predicted octanol–water partition coefficient (Wildman–Crippen LogP) is 3.13. The maximum atomic E-state index is 13.4. The van der Waals surface area contributed by atoms with Gasteiger partial charge in [-0.05, 0) is 24.3 Å². The molecule has 2 rings (SSSR count). The molecule has 102 valence electrons. The van der Waals surface area contributed by atoms with Gasteiger partial charge in [-0.2, -0.15) is 4.39 Å². The van der Waals surface area contributed by atoms with E-state index in [4.69, 9.17) is 0 Å². The average Bonchev–Trinajstić information content (AvgIpc) is 2.41. The standard InChI is InChI=1S/C13H8F2N2O3/c14-9-3-1-2-4-11(9)16-13(18)8-5-6-10(15)12(7-8)17(19)20/h1-7H,(H,16,18). The van der Waals surface area contributed by atoms with Gasteiger partial charge in [0.1, 0.15) is 5.82 Å². The number of anilines is 1. The van der Waals surface area contributed by atoms with Crippen molar-refractivity contribution in [2.24, 2.45) is 0 Å². The third-order valence-electron chi connectivity index (χ3n) is 2.53. The molecule has 2 aromatic rings. The summed E-state index contributed by atoms with van der Waals surface area (Å²) in [6.45, 7) is 0. The molecule has 0 radical (unpaired) electrons. The van der Waals surface area contributed by atoms with E-state index in [9.17, 15) is 23.7 Å². The highest BCUT2D eigenvalue weighted by molar-refractivity contribution is 6.04. The summed E-state index contributed by atoms with van der Waals surface area (Å²) in [5, 5.41) is 12.8. The van der Waals surface area contributed by atoms with E-state index in [2.05, 4.69) is 5.32 Å². The largest absolute Gasteiger partial charge is 0.319 e. The molecule has 2 aromatic carbocycles. The molecule has 0 saturated heterocycles. The molecule has 1 amide bonds. The van der Waals surface area contributed by atoms with E-state index >= 15 is 0 Å². The molecule has 0 aromatic heterocycles. The number of carbonyl (C=O) groups excluding carboxylic acids is 1. The Morgan fingerprint density at radius 3 is 2.45 bits per heavy atom. The van der Waals surface area contributed by atoms with Crippen molar-refractivity contribution in [1.29, 1.82) is 0 Å². The van der Waals surface area contributed by atoms with Crippen LogP contribution >= 0.6 is 0 Å². The number of nitro groups is 1. The van der Waals surface area contributed by atoms with E-state index in [-0.39, 0.29) is 11.3 Å². The van der Waals surface area contributed by atoms with Crippen molar-refractivity contribution in [2.75, 3.05) is 5.32 Å². The minimum atomic E-state index is -1.04. The van der Waals surface area contributed by atoms with Crippen LogP contribution in [0.15, 0.2) is 42.5 Å². The highest BCUT2D eigenvalue weighted by Crippen LogP contribution is 2.20. The van der Waals surface area contributed by atoms with Gasteiger partial charge in [-0.25, -0.2) is 4.39 Å². The fourth-order valence-corrected chi connectivity index (χ4v) is 1.55. The van der Waals surface area contributed by atoms with Gasteiger partial charge in [0.2, 0.25) is 5.82 Å².